The lowest BCUT2D eigenvalue weighted by atomic mass is 10.0. The van der Waals surface area contributed by atoms with Crippen molar-refractivity contribution >= 4 is 11.6 Å². The van der Waals surface area contributed by atoms with Crippen molar-refractivity contribution in [3.05, 3.63) is 16.9 Å². The maximum Gasteiger partial charge on any atom is 0.0835 e. The summed E-state index contributed by atoms with van der Waals surface area (Å²) in [5.41, 5.74) is 7.11. The van der Waals surface area contributed by atoms with Crippen LogP contribution >= 0.6 is 11.6 Å². The van der Waals surface area contributed by atoms with E-state index in [4.69, 9.17) is 22.1 Å². The van der Waals surface area contributed by atoms with E-state index in [0.717, 1.165) is 18.5 Å². The highest BCUT2D eigenvalue weighted by Gasteiger charge is 2.25. The Bertz CT molecular complexity index is 352. The van der Waals surface area contributed by atoms with Crippen LogP contribution in [-0.4, -0.2) is 23.0 Å². The Kier molecular flexibility index (Phi) is 5.43. The largest absolute Gasteiger partial charge is 0.379 e. The average Bonchev–Trinajstić information content (AvgIpc) is 2.67. The van der Waals surface area contributed by atoms with Crippen LogP contribution in [0.1, 0.15) is 51.4 Å². The molecule has 4 nitrogen and oxygen atoms in total. The molecule has 0 aromatic carbocycles. The molecule has 98 valence electrons. The fourth-order valence-corrected chi connectivity index (χ4v) is 2.23. The first-order valence-corrected chi connectivity index (χ1v) is 6.41. The highest BCUT2D eigenvalue weighted by Crippen LogP contribution is 2.28. The zero-order valence-corrected chi connectivity index (χ0v) is 11.7. The molecule has 2 atom stereocenters. The first-order valence-electron chi connectivity index (χ1n) is 6.04. The Morgan fingerprint density at radius 3 is 2.65 bits per heavy atom. The fraction of sp³-hybridized carbons (Fsp3) is 0.750. The van der Waals surface area contributed by atoms with Crippen molar-refractivity contribution in [3.63, 3.8) is 0 Å². The highest BCUT2D eigenvalue weighted by atomic mass is 35.5. The van der Waals surface area contributed by atoms with Gasteiger partial charge in [-0.25, -0.2) is 0 Å². The van der Waals surface area contributed by atoms with Crippen LogP contribution in [0.2, 0.25) is 5.02 Å². The van der Waals surface area contributed by atoms with Gasteiger partial charge in [0.15, 0.2) is 0 Å². The maximum absolute atomic E-state index is 6.25. The average molecular weight is 260 g/mol. The molecule has 2 N–H and O–H groups in total. The topological polar surface area (TPSA) is 53.1 Å². The van der Waals surface area contributed by atoms with Gasteiger partial charge in [-0.3, -0.25) is 4.68 Å². The van der Waals surface area contributed by atoms with Crippen LogP contribution in [0.3, 0.4) is 0 Å². The second kappa shape index (κ2) is 6.38. The van der Waals surface area contributed by atoms with Gasteiger partial charge in [0, 0.05) is 13.2 Å². The minimum Gasteiger partial charge on any atom is -0.379 e. The number of nitrogens with zero attached hydrogens (tertiary/aromatic N) is 2. The Morgan fingerprint density at radius 2 is 2.18 bits per heavy atom. The third-order valence-corrected chi connectivity index (χ3v) is 3.16. The molecule has 0 saturated heterocycles. The number of nitrogens with two attached hydrogens (primary N) is 1. The fourth-order valence-electron chi connectivity index (χ4n) is 1.98. The molecule has 1 heterocycles. The number of aromatic nitrogens is 2. The molecule has 1 aromatic rings. The number of methoxy groups -OCH3 is 1. The molecule has 0 aliphatic rings. The van der Waals surface area contributed by atoms with E-state index in [1.165, 1.54) is 0 Å². The first-order chi connectivity index (χ1) is 8.02. The van der Waals surface area contributed by atoms with Crippen molar-refractivity contribution < 1.29 is 4.74 Å². The first kappa shape index (κ1) is 14.5. The van der Waals surface area contributed by atoms with Gasteiger partial charge in [-0.05, 0) is 20.3 Å². The monoisotopic (exact) mass is 259 g/mol. The second-order valence-corrected chi connectivity index (χ2v) is 4.91. The van der Waals surface area contributed by atoms with E-state index in [1.807, 2.05) is 4.68 Å². The van der Waals surface area contributed by atoms with Crippen molar-refractivity contribution in [2.45, 2.75) is 51.8 Å². The van der Waals surface area contributed by atoms with Crippen molar-refractivity contribution in [1.29, 1.82) is 0 Å². The Balaban J connectivity index is 3.00. The molecular weight excluding hydrogens is 238 g/mol. The third-order valence-electron chi connectivity index (χ3n) is 2.87. The minimum absolute atomic E-state index is 0.0216. The Morgan fingerprint density at radius 1 is 1.53 bits per heavy atom. The lowest BCUT2D eigenvalue weighted by Gasteiger charge is -2.24. The molecule has 0 radical (unpaired) electrons. The summed E-state index contributed by atoms with van der Waals surface area (Å²) >= 11 is 6.17. The molecule has 2 unspecified atom stereocenters. The molecule has 0 spiro atoms. The molecule has 0 bridgehead atoms. The molecule has 0 amide bonds. The summed E-state index contributed by atoms with van der Waals surface area (Å²) in [6.45, 7) is 6.22. The van der Waals surface area contributed by atoms with Crippen molar-refractivity contribution in [3.8, 4) is 0 Å². The van der Waals surface area contributed by atoms with Crippen molar-refractivity contribution in [2.75, 3.05) is 7.11 Å². The van der Waals surface area contributed by atoms with Gasteiger partial charge < -0.3 is 10.5 Å². The molecule has 0 aliphatic heterocycles. The second-order valence-electron chi connectivity index (χ2n) is 4.50. The van der Waals surface area contributed by atoms with Crippen LogP contribution in [0, 0.1) is 0 Å². The third kappa shape index (κ3) is 3.21. The molecule has 1 rings (SSSR count). The molecule has 5 heteroatoms. The Labute approximate surface area is 108 Å². The predicted octanol–water partition coefficient (Wildman–Crippen LogP) is 2.93. The zero-order valence-electron chi connectivity index (χ0n) is 11.0. The minimum atomic E-state index is -0.239. The van der Waals surface area contributed by atoms with Crippen LogP contribution < -0.4 is 5.73 Å². The summed E-state index contributed by atoms with van der Waals surface area (Å²) in [6, 6.07) is 0.0000302. The van der Waals surface area contributed by atoms with Gasteiger partial charge in [-0.1, -0.05) is 24.9 Å². The quantitative estimate of drug-likeness (QED) is 0.855. The summed E-state index contributed by atoms with van der Waals surface area (Å²) in [7, 11) is 1.68. The molecular formula is C12H22ClN3O. The normalized spacial score (nSPS) is 15.2. The van der Waals surface area contributed by atoms with Gasteiger partial charge >= 0.3 is 0 Å². The van der Waals surface area contributed by atoms with E-state index in [-0.39, 0.29) is 18.2 Å². The zero-order chi connectivity index (χ0) is 13.0. The van der Waals surface area contributed by atoms with Gasteiger partial charge in [0.2, 0.25) is 0 Å². The van der Waals surface area contributed by atoms with Crippen molar-refractivity contribution in [2.24, 2.45) is 5.73 Å². The van der Waals surface area contributed by atoms with Crippen molar-refractivity contribution in [1.82, 2.24) is 9.78 Å². The van der Waals surface area contributed by atoms with Gasteiger partial charge in [-0.2, -0.15) is 5.10 Å². The highest BCUT2D eigenvalue weighted by molar-refractivity contribution is 6.31. The number of hydrogen-bond donors (Lipinski definition) is 1. The van der Waals surface area contributed by atoms with Gasteiger partial charge in [0.25, 0.3) is 0 Å². The summed E-state index contributed by atoms with van der Waals surface area (Å²) in [6.07, 6.45) is 3.57. The van der Waals surface area contributed by atoms with E-state index in [1.54, 1.807) is 13.3 Å². The molecule has 1 aromatic heterocycles. The van der Waals surface area contributed by atoms with Gasteiger partial charge in [0.05, 0.1) is 29.1 Å². The van der Waals surface area contributed by atoms with E-state index < -0.39 is 0 Å². The van der Waals surface area contributed by atoms with Gasteiger partial charge in [-0.15, -0.1) is 0 Å². The van der Waals surface area contributed by atoms with Crippen LogP contribution in [0.15, 0.2) is 6.20 Å². The molecule has 0 fully saturated rings. The van der Waals surface area contributed by atoms with Crippen LogP contribution in [-0.2, 0) is 4.74 Å². The number of ether oxygens (including phenoxy) is 1. The number of halogens is 1. The smallest absolute Gasteiger partial charge is 0.0835 e. The predicted molar refractivity (Wildman–Crippen MR) is 70.3 cm³/mol. The van der Waals surface area contributed by atoms with E-state index in [2.05, 4.69) is 25.9 Å². The number of hydrogen-bond acceptors (Lipinski definition) is 3. The lowest BCUT2D eigenvalue weighted by Crippen LogP contribution is -2.30. The van der Waals surface area contributed by atoms with E-state index in [0.29, 0.717) is 5.02 Å². The van der Waals surface area contributed by atoms with Gasteiger partial charge in [0.1, 0.15) is 0 Å². The summed E-state index contributed by atoms with van der Waals surface area (Å²) in [5.74, 6) is 0. The SMILES string of the molecule is CCCC(OC)C(N)c1c(Cl)cnn1C(C)C. The number of rotatable bonds is 6. The molecule has 0 aliphatic carbocycles. The standard InChI is InChI=1S/C12H22ClN3O/c1-5-6-10(17-4)11(14)12-9(13)7-15-16(12)8(2)3/h7-8,10-11H,5-6,14H2,1-4H3. The van der Waals surface area contributed by atoms with E-state index in [9.17, 15) is 0 Å². The Hall–Kier alpha value is -0.580. The van der Waals surface area contributed by atoms with Crippen LogP contribution in [0.25, 0.3) is 0 Å². The van der Waals surface area contributed by atoms with Crippen LogP contribution in [0.5, 0.6) is 0 Å². The summed E-state index contributed by atoms with van der Waals surface area (Å²) < 4.78 is 7.31. The summed E-state index contributed by atoms with van der Waals surface area (Å²) in [5, 5.41) is 4.88. The summed E-state index contributed by atoms with van der Waals surface area (Å²) in [4.78, 5) is 0. The lowest BCUT2D eigenvalue weighted by molar-refractivity contribution is 0.0697. The molecule has 0 saturated carbocycles. The molecule has 17 heavy (non-hydrogen) atoms. The van der Waals surface area contributed by atoms with E-state index >= 15 is 0 Å². The van der Waals surface area contributed by atoms with Crippen LogP contribution in [0.4, 0.5) is 0 Å². The maximum atomic E-state index is 6.25.